The molecule has 0 bridgehead atoms. The van der Waals surface area contributed by atoms with E-state index in [1.54, 1.807) is 6.07 Å². The van der Waals surface area contributed by atoms with Crippen molar-refractivity contribution in [2.75, 3.05) is 12.3 Å². The second-order valence-electron chi connectivity index (χ2n) is 4.09. The maximum absolute atomic E-state index is 5.54. The van der Waals surface area contributed by atoms with Gasteiger partial charge in [-0.1, -0.05) is 17.3 Å². The summed E-state index contributed by atoms with van der Waals surface area (Å²) in [6.45, 7) is 2.54. The molecule has 0 atom stereocenters. The number of hydrogen-bond donors (Lipinski definition) is 2. The lowest BCUT2D eigenvalue weighted by Gasteiger charge is -2.02. The van der Waals surface area contributed by atoms with Gasteiger partial charge in [0.1, 0.15) is 17.3 Å². The van der Waals surface area contributed by atoms with Crippen LogP contribution in [0.5, 0.6) is 5.75 Å². The number of hydrogen-bond acceptors (Lipinski definition) is 6. The van der Waals surface area contributed by atoms with Crippen molar-refractivity contribution in [1.82, 2.24) is 20.3 Å². The fourth-order valence-electron chi connectivity index (χ4n) is 1.79. The second kappa shape index (κ2) is 5.04. The summed E-state index contributed by atoms with van der Waals surface area (Å²) in [5.74, 6) is 1.96. The Hall–Kier alpha value is -2.83. The van der Waals surface area contributed by atoms with Gasteiger partial charge in [-0.05, 0) is 19.1 Å². The number of rotatable bonds is 4. The van der Waals surface area contributed by atoms with Crippen molar-refractivity contribution in [3.63, 3.8) is 0 Å². The molecule has 3 aromatic rings. The van der Waals surface area contributed by atoms with Crippen molar-refractivity contribution in [2.24, 2.45) is 0 Å². The van der Waals surface area contributed by atoms with Crippen LogP contribution in [-0.4, -0.2) is 26.9 Å². The van der Waals surface area contributed by atoms with Crippen LogP contribution in [-0.2, 0) is 0 Å². The fourth-order valence-corrected chi connectivity index (χ4v) is 1.79. The Bertz CT molecular complexity index is 719. The molecule has 0 spiro atoms. The molecule has 2 heterocycles. The lowest BCUT2D eigenvalue weighted by Crippen LogP contribution is -1.91. The monoisotopic (exact) mass is 271 g/mol. The smallest absolute Gasteiger partial charge is 0.276 e. The zero-order valence-electron chi connectivity index (χ0n) is 10.8. The maximum atomic E-state index is 5.54. The fraction of sp³-hybridized carbons (Fsp3) is 0.154. The van der Waals surface area contributed by atoms with E-state index in [9.17, 15) is 0 Å². The van der Waals surface area contributed by atoms with E-state index in [-0.39, 0.29) is 0 Å². The highest BCUT2D eigenvalue weighted by Gasteiger charge is 2.13. The van der Waals surface area contributed by atoms with Gasteiger partial charge in [-0.15, -0.1) is 0 Å². The quantitative estimate of drug-likeness (QED) is 0.753. The Kier molecular flexibility index (Phi) is 3.08. The molecule has 102 valence electrons. The molecule has 1 aromatic carbocycles. The molecule has 0 amide bonds. The summed E-state index contributed by atoms with van der Waals surface area (Å²) >= 11 is 0. The summed E-state index contributed by atoms with van der Waals surface area (Å²) in [5.41, 5.74) is 6.94. The molecule has 0 saturated carbocycles. The van der Waals surface area contributed by atoms with Gasteiger partial charge in [-0.3, -0.25) is 5.10 Å². The molecule has 0 aliphatic heterocycles. The molecule has 2 aromatic heterocycles. The number of benzene rings is 1. The van der Waals surface area contributed by atoms with E-state index >= 15 is 0 Å². The van der Waals surface area contributed by atoms with E-state index in [2.05, 4.69) is 20.3 Å². The first-order valence-electron chi connectivity index (χ1n) is 6.14. The Morgan fingerprint density at radius 1 is 1.35 bits per heavy atom. The van der Waals surface area contributed by atoms with Gasteiger partial charge in [-0.2, -0.15) is 10.1 Å². The molecular formula is C13H13N5O2. The van der Waals surface area contributed by atoms with Crippen LogP contribution >= 0.6 is 0 Å². The molecule has 3 rings (SSSR count). The highest BCUT2D eigenvalue weighted by Crippen LogP contribution is 2.24. The second-order valence-corrected chi connectivity index (χ2v) is 4.09. The van der Waals surface area contributed by atoms with Crippen LogP contribution in [0.2, 0.25) is 0 Å². The van der Waals surface area contributed by atoms with Crippen molar-refractivity contribution in [3.8, 4) is 28.7 Å². The number of nitrogen functional groups attached to an aromatic ring is 1. The Balaban J connectivity index is 1.91. The molecule has 0 aliphatic rings. The number of aromatic nitrogens is 4. The number of aromatic amines is 1. The van der Waals surface area contributed by atoms with Gasteiger partial charge in [0.05, 0.1) is 6.61 Å². The van der Waals surface area contributed by atoms with Crippen LogP contribution in [0.3, 0.4) is 0 Å². The van der Waals surface area contributed by atoms with Crippen molar-refractivity contribution < 1.29 is 9.26 Å². The van der Waals surface area contributed by atoms with Crippen LogP contribution in [0.15, 0.2) is 34.9 Å². The van der Waals surface area contributed by atoms with E-state index in [1.165, 1.54) is 0 Å². The number of nitrogens with two attached hydrogens (primary N) is 1. The van der Waals surface area contributed by atoms with E-state index in [0.717, 1.165) is 11.3 Å². The largest absolute Gasteiger partial charge is 0.494 e. The van der Waals surface area contributed by atoms with Gasteiger partial charge in [0, 0.05) is 11.6 Å². The molecular weight excluding hydrogens is 258 g/mol. The molecule has 7 heteroatoms. The minimum Gasteiger partial charge on any atom is -0.494 e. The van der Waals surface area contributed by atoms with Crippen molar-refractivity contribution in [1.29, 1.82) is 0 Å². The number of anilines is 1. The normalized spacial score (nSPS) is 10.7. The third-order valence-corrected chi connectivity index (χ3v) is 2.66. The first kappa shape index (κ1) is 12.2. The molecule has 0 unspecified atom stereocenters. The summed E-state index contributed by atoms with van der Waals surface area (Å²) in [5, 5.41) is 10.5. The van der Waals surface area contributed by atoms with Crippen molar-refractivity contribution in [2.45, 2.75) is 6.92 Å². The standard InChI is InChI=1S/C13H13N5O2/c1-2-19-9-5-3-4-8(6-9)12-15-13(20-18-12)10-7-11(14)17-16-10/h3-7H,2H2,1H3,(H3,14,16,17). The van der Waals surface area contributed by atoms with E-state index in [0.29, 0.717) is 29.8 Å². The molecule has 0 saturated heterocycles. The van der Waals surface area contributed by atoms with Gasteiger partial charge in [-0.25, -0.2) is 0 Å². The average molecular weight is 271 g/mol. The molecule has 0 aliphatic carbocycles. The Morgan fingerprint density at radius 3 is 3.00 bits per heavy atom. The number of H-pyrrole nitrogens is 1. The third-order valence-electron chi connectivity index (χ3n) is 2.66. The lowest BCUT2D eigenvalue weighted by molar-refractivity contribution is 0.340. The minimum atomic E-state index is 0.339. The van der Waals surface area contributed by atoms with Gasteiger partial charge in [0.15, 0.2) is 0 Å². The third kappa shape index (κ3) is 2.33. The highest BCUT2D eigenvalue weighted by atomic mass is 16.5. The first-order chi connectivity index (χ1) is 9.76. The number of nitrogens with zero attached hydrogens (tertiary/aromatic N) is 3. The summed E-state index contributed by atoms with van der Waals surface area (Å²) in [6.07, 6.45) is 0. The van der Waals surface area contributed by atoms with Crippen LogP contribution in [0, 0.1) is 0 Å². The zero-order chi connectivity index (χ0) is 13.9. The zero-order valence-corrected chi connectivity index (χ0v) is 10.8. The first-order valence-corrected chi connectivity index (χ1v) is 6.14. The summed E-state index contributed by atoms with van der Waals surface area (Å²) in [4.78, 5) is 4.31. The van der Waals surface area contributed by atoms with E-state index in [1.807, 2.05) is 31.2 Å². The van der Waals surface area contributed by atoms with Gasteiger partial charge in [0.2, 0.25) is 5.82 Å². The Labute approximate surface area is 114 Å². The Morgan fingerprint density at radius 2 is 2.25 bits per heavy atom. The molecule has 0 radical (unpaired) electrons. The van der Waals surface area contributed by atoms with Gasteiger partial charge in [0.25, 0.3) is 5.89 Å². The van der Waals surface area contributed by atoms with Crippen LogP contribution in [0.4, 0.5) is 5.82 Å². The predicted octanol–water partition coefficient (Wildman–Crippen LogP) is 2.11. The van der Waals surface area contributed by atoms with Crippen molar-refractivity contribution in [3.05, 3.63) is 30.3 Å². The highest BCUT2D eigenvalue weighted by molar-refractivity contribution is 5.60. The topological polar surface area (TPSA) is 103 Å². The van der Waals surface area contributed by atoms with Gasteiger partial charge >= 0.3 is 0 Å². The summed E-state index contributed by atoms with van der Waals surface area (Å²) < 4.78 is 10.6. The summed E-state index contributed by atoms with van der Waals surface area (Å²) in [7, 11) is 0. The number of nitrogens with one attached hydrogen (secondary N) is 1. The van der Waals surface area contributed by atoms with E-state index in [4.69, 9.17) is 15.0 Å². The minimum absolute atomic E-state index is 0.339. The van der Waals surface area contributed by atoms with Crippen molar-refractivity contribution >= 4 is 5.82 Å². The van der Waals surface area contributed by atoms with Gasteiger partial charge < -0.3 is 15.0 Å². The van der Waals surface area contributed by atoms with Crippen LogP contribution in [0.25, 0.3) is 23.0 Å². The van der Waals surface area contributed by atoms with Crippen LogP contribution in [0.1, 0.15) is 6.92 Å². The van der Waals surface area contributed by atoms with E-state index < -0.39 is 0 Å². The predicted molar refractivity (Wildman–Crippen MR) is 72.9 cm³/mol. The molecule has 7 nitrogen and oxygen atoms in total. The van der Waals surface area contributed by atoms with Crippen LogP contribution < -0.4 is 10.5 Å². The average Bonchev–Trinajstić information content (AvgIpc) is 3.08. The molecule has 20 heavy (non-hydrogen) atoms. The number of ether oxygens (including phenoxy) is 1. The summed E-state index contributed by atoms with van der Waals surface area (Å²) in [6, 6.07) is 9.14. The SMILES string of the molecule is CCOc1cccc(-c2noc(-c3cc(N)n[nH]3)n2)c1. The lowest BCUT2D eigenvalue weighted by atomic mass is 10.2. The maximum Gasteiger partial charge on any atom is 0.276 e. The molecule has 0 fully saturated rings. The molecule has 3 N–H and O–H groups in total.